The smallest absolute Gasteiger partial charge is 0.278 e. The Bertz CT molecular complexity index is 637. The molecule has 0 aromatic carbocycles. The van der Waals surface area contributed by atoms with Crippen LogP contribution in [0.4, 0.5) is 5.69 Å². The number of nitro groups is 1. The van der Waals surface area contributed by atoms with Gasteiger partial charge in [-0.05, 0) is 20.4 Å². The standard InChI is InChI=1S/C12H16N6O2/c1-8-5-14-11(9(2)12(8)18(19)20)7-17-6-10(3-4-13)15-16-17/h5-6H,3-4,7,13H2,1-2H3. The highest BCUT2D eigenvalue weighted by atomic mass is 16.6. The molecule has 20 heavy (non-hydrogen) atoms. The van der Waals surface area contributed by atoms with E-state index in [4.69, 9.17) is 5.73 Å². The van der Waals surface area contributed by atoms with Gasteiger partial charge in [0.15, 0.2) is 0 Å². The highest BCUT2D eigenvalue weighted by Crippen LogP contribution is 2.24. The fourth-order valence-electron chi connectivity index (χ4n) is 2.04. The van der Waals surface area contributed by atoms with Crippen LogP contribution in [0.5, 0.6) is 0 Å². The fourth-order valence-corrected chi connectivity index (χ4v) is 2.04. The Morgan fingerprint density at radius 1 is 1.45 bits per heavy atom. The maximum absolute atomic E-state index is 11.1. The highest BCUT2D eigenvalue weighted by molar-refractivity contribution is 5.47. The summed E-state index contributed by atoms with van der Waals surface area (Å²) in [6, 6.07) is 0. The maximum atomic E-state index is 11.1. The first-order chi connectivity index (χ1) is 9.52. The molecule has 2 N–H and O–H groups in total. The van der Waals surface area contributed by atoms with Crippen molar-refractivity contribution in [2.75, 3.05) is 6.54 Å². The summed E-state index contributed by atoms with van der Waals surface area (Å²) in [4.78, 5) is 14.9. The van der Waals surface area contributed by atoms with Crippen molar-refractivity contribution in [3.05, 3.63) is 45.0 Å². The monoisotopic (exact) mass is 276 g/mol. The number of nitrogens with two attached hydrogens (primary N) is 1. The summed E-state index contributed by atoms with van der Waals surface area (Å²) in [7, 11) is 0. The summed E-state index contributed by atoms with van der Waals surface area (Å²) in [5.74, 6) is 0. The van der Waals surface area contributed by atoms with Crippen molar-refractivity contribution in [2.24, 2.45) is 5.73 Å². The van der Waals surface area contributed by atoms with E-state index in [9.17, 15) is 10.1 Å². The van der Waals surface area contributed by atoms with Gasteiger partial charge in [0.1, 0.15) is 0 Å². The maximum Gasteiger partial charge on any atom is 0.278 e. The largest absolute Gasteiger partial charge is 0.330 e. The first kappa shape index (κ1) is 14.1. The Kier molecular flexibility index (Phi) is 4.04. The molecule has 0 aliphatic rings. The summed E-state index contributed by atoms with van der Waals surface area (Å²) < 4.78 is 1.61. The van der Waals surface area contributed by atoms with Crippen molar-refractivity contribution in [1.82, 2.24) is 20.0 Å². The molecular formula is C12H16N6O2. The van der Waals surface area contributed by atoms with Gasteiger partial charge in [-0.25, -0.2) is 4.68 Å². The molecule has 0 bridgehead atoms. The molecule has 0 aliphatic heterocycles. The van der Waals surface area contributed by atoms with E-state index in [2.05, 4.69) is 15.3 Å². The Balaban J connectivity index is 2.29. The van der Waals surface area contributed by atoms with Gasteiger partial charge >= 0.3 is 0 Å². The SMILES string of the molecule is Cc1cnc(Cn2cc(CCN)nn2)c(C)c1[N+](=O)[O-]. The van der Waals surface area contributed by atoms with Gasteiger partial charge in [0.2, 0.25) is 0 Å². The van der Waals surface area contributed by atoms with E-state index in [1.807, 2.05) is 0 Å². The van der Waals surface area contributed by atoms with E-state index in [1.54, 1.807) is 24.7 Å². The zero-order chi connectivity index (χ0) is 14.7. The van der Waals surface area contributed by atoms with E-state index in [0.717, 1.165) is 5.69 Å². The average Bonchev–Trinajstić information content (AvgIpc) is 2.81. The normalized spacial score (nSPS) is 10.8. The number of hydrogen-bond donors (Lipinski definition) is 1. The lowest BCUT2D eigenvalue weighted by molar-refractivity contribution is -0.386. The molecule has 0 aliphatic carbocycles. The highest BCUT2D eigenvalue weighted by Gasteiger charge is 2.19. The first-order valence-corrected chi connectivity index (χ1v) is 6.21. The van der Waals surface area contributed by atoms with Gasteiger partial charge in [-0.2, -0.15) is 0 Å². The van der Waals surface area contributed by atoms with E-state index >= 15 is 0 Å². The lowest BCUT2D eigenvalue weighted by Crippen LogP contribution is -2.07. The molecule has 0 saturated carbocycles. The van der Waals surface area contributed by atoms with E-state index in [0.29, 0.717) is 36.3 Å². The van der Waals surface area contributed by atoms with E-state index < -0.39 is 0 Å². The number of aromatic nitrogens is 4. The fraction of sp³-hybridized carbons (Fsp3) is 0.417. The van der Waals surface area contributed by atoms with Crippen LogP contribution in [0.2, 0.25) is 0 Å². The van der Waals surface area contributed by atoms with Crippen molar-refractivity contribution in [1.29, 1.82) is 0 Å². The van der Waals surface area contributed by atoms with Crippen molar-refractivity contribution in [3.63, 3.8) is 0 Å². The van der Waals surface area contributed by atoms with Gasteiger partial charge in [0.05, 0.1) is 28.4 Å². The van der Waals surface area contributed by atoms with Crippen LogP contribution in [-0.4, -0.2) is 31.4 Å². The van der Waals surface area contributed by atoms with Crippen molar-refractivity contribution in [3.8, 4) is 0 Å². The molecule has 2 aromatic rings. The van der Waals surface area contributed by atoms with Crippen LogP contribution in [0.1, 0.15) is 22.5 Å². The minimum atomic E-state index is -0.378. The molecule has 0 saturated heterocycles. The van der Waals surface area contributed by atoms with Crippen molar-refractivity contribution in [2.45, 2.75) is 26.8 Å². The quantitative estimate of drug-likeness (QED) is 0.636. The minimum absolute atomic E-state index is 0.109. The lowest BCUT2D eigenvalue weighted by atomic mass is 10.1. The predicted octanol–water partition coefficient (Wildman–Crippen LogP) is 0.748. The van der Waals surface area contributed by atoms with Crippen LogP contribution in [0.3, 0.4) is 0 Å². The second kappa shape index (κ2) is 5.74. The number of nitrogens with zero attached hydrogens (tertiary/aromatic N) is 5. The molecule has 0 atom stereocenters. The molecule has 0 radical (unpaired) electrons. The summed E-state index contributed by atoms with van der Waals surface area (Å²) >= 11 is 0. The van der Waals surface area contributed by atoms with Gasteiger partial charge in [-0.1, -0.05) is 5.21 Å². The van der Waals surface area contributed by atoms with Crippen LogP contribution in [0.25, 0.3) is 0 Å². The van der Waals surface area contributed by atoms with Crippen LogP contribution in [0.15, 0.2) is 12.4 Å². The van der Waals surface area contributed by atoms with Crippen molar-refractivity contribution < 1.29 is 4.92 Å². The van der Waals surface area contributed by atoms with Gasteiger partial charge in [0, 0.05) is 24.4 Å². The van der Waals surface area contributed by atoms with Crippen LogP contribution in [-0.2, 0) is 13.0 Å². The number of pyridine rings is 1. The molecule has 0 unspecified atom stereocenters. The second-order valence-corrected chi connectivity index (χ2v) is 4.56. The minimum Gasteiger partial charge on any atom is -0.330 e. The molecule has 8 heteroatoms. The molecule has 0 fully saturated rings. The van der Waals surface area contributed by atoms with Gasteiger partial charge in [0.25, 0.3) is 5.69 Å². The first-order valence-electron chi connectivity index (χ1n) is 6.21. The number of hydrogen-bond acceptors (Lipinski definition) is 6. The summed E-state index contributed by atoms with van der Waals surface area (Å²) in [5, 5.41) is 19.0. The third kappa shape index (κ3) is 2.80. The number of rotatable bonds is 5. The molecule has 2 heterocycles. The third-order valence-electron chi connectivity index (χ3n) is 3.06. The second-order valence-electron chi connectivity index (χ2n) is 4.56. The summed E-state index contributed by atoms with van der Waals surface area (Å²) in [6.45, 7) is 4.23. The molecule has 8 nitrogen and oxygen atoms in total. The molecule has 2 rings (SSSR count). The molecule has 2 aromatic heterocycles. The van der Waals surface area contributed by atoms with Crippen LogP contribution >= 0.6 is 0 Å². The average molecular weight is 276 g/mol. The van der Waals surface area contributed by atoms with Crippen LogP contribution < -0.4 is 5.73 Å². The Hall–Kier alpha value is -2.35. The molecule has 106 valence electrons. The van der Waals surface area contributed by atoms with Crippen LogP contribution in [0, 0.1) is 24.0 Å². The van der Waals surface area contributed by atoms with Gasteiger partial charge in [-0.15, -0.1) is 5.10 Å². The summed E-state index contributed by atoms with van der Waals surface area (Å²) in [6.07, 6.45) is 3.94. The zero-order valence-corrected chi connectivity index (χ0v) is 11.4. The molecule has 0 amide bonds. The van der Waals surface area contributed by atoms with Gasteiger partial charge in [-0.3, -0.25) is 15.1 Å². The molecule has 0 spiro atoms. The zero-order valence-electron chi connectivity index (χ0n) is 11.4. The van der Waals surface area contributed by atoms with Gasteiger partial charge < -0.3 is 5.73 Å². The predicted molar refractivity (Wildman–Crippen MR) is 72.2 cm³/mol. The number of aryl methyl sites for hydroxylation is 1. The molecular weight excluding hydrogens is 260 g/mol. The summed E-state index contributed by atoms with van der Waals surface area (Å²) in [5.41, 5.74) is 8.09. The topological polar surface area (TPSA) is 113 Å². The van der Waals surface area contributed by atoms with E-state index in [-0.39, 0.29) is 10.6 Å². The van der Waals surface area contributed by atoms with Crippen molar-refractivity contribution >= 4 is 5.69 Å². The lowest BCUT2D eigenvalue weighted by Gasteiger charge is -2.07. The Morgan fingerprint density at radius 3 is 2.85 bits per heavy atom. The van der Waals surface area contributed by atoms with E-state index in [1.165, 1.54) is 6.20 Å². The Labute approximate surface area is 115 Å². The third-order valence-corrected chi connectivity index (χ3v) is 3.06. The Morgan fingerprint density at radius 2 is 2.20 bits per heavy atom.